The summed E-state index contributed by atoms with van der Waals surface area (Å²) in [5.41, 5.74) is -0.340. The highest BCUT2D eigenvalue weighted by molar-refractivity contribution is 5.66. The molecule has 1 aromatic heterocycles. The van der Waals surface area contributed by atoms with Gasteiger partial charge in [0.15, 0.2) is 0 Å². The van der Waals surface area contributed by atoms with Gasteiger partial charge in [-0.2, -0.15) is 0 Å². The van der Waals surface area contributed by atoms with Gasteiger partial charge in [-0.05, 0) is 46.0 Å². The minimum absolute atomic E-state index is 0.134. The Bertz CT molecular complexity index is 436. The molecular weight excluding hydrogens is 254 g/mol. The van der Waals surface area contributed by atoms with Crippen molar-refractivity contribution in [2.24, 2.45) is 5.92 Å². The summed E-state index contributed by atoms with van der Waals surface area (Å²) in [4.78, 5) is 17.3. The van der Waals surface area contributed by atoms with Crippen molar-refractivity contribution >= 4 is 6.09 Å². The molecule has 1 heterocycles. The second kappa shape index (κ2) is 5.85. The van der Waals surface area contributed by atoms with Gasteiger partial charge in [-0.1, -0.05) is 6.42 Å². The first kappa shape index (κ1) is 14.9. The highest BCUT2D eigenvalue weighted by atomic mass is 16.4. The summed E-state index contributed by atoms with van der Waals surface area (Å²) < 4.78 is 2.09. The number of amides is 1. The van der Waals surface area contributed by atoms with Crippen molar-refractivity contribution < 1.29 is 9.90 Å². The molecule has 1 aliphatic rings. The van der Waals surface area contributed by atoms with E-state index in [1.165, 1.54) is 6.42 Å². The van der Waals surface area contributed by atoms with Crippen molar-refractivity contribution in [1.29, 1.82) is 0 Å². The zero-order valence-corrected chi connectivity index (χ0v) is 12.6. The van der Waals surface area contributed by atoms with Crippen LogP contribution in [0.4, 0.5) is 4.79 Å². The third-order valence-electron chi connectivity index (χ3n) is 4.08. The number of hydrogen-bond donors (Lipinski definition) is 1. The molecule has 1 N–H and O–H groups in total. The Morgan fingerprint density at radius 3 is 2.75 bits per heavy atom. The quantitative estimate of drug-likeness (QED) is 0.924. The number of hydrogen-bond acceptors (Lipinski definition) is 2. The van der Waals surface area contributed by atoms with Crippen molar-refractivity contribution in [3.63, 3.8) is 0 Å². The molecule has 0 radical (unpaired) electrons. The maximum atomic E-state index is 11.6. The molecular formula is C15H25N3O2. The molecule has 0 aromatic carbocycles. The first-order chi connectivity index (χ1) is 9.38. The van der Waals surface area contributed by atoms with Gasteiger partial charge in [-0.25, -0.2) is 9.78 Å². The molecule has 0 aliphatic heterocycles. The van der Waals surface area contributed by atoms with Crippen molar-refractivity contribution in [3.05, 3.63) is 18.7 Å². The zero-order valence-electron chi connectivity index (χ0n) is 12.6. The number of carboxylic acid groups (broad SMARTS) is 1. The molecule has 1 aliphatic carbocycles. The summed E-state index contributed by atoms with van der Waals surface area (Å²) in [5.74, 6) is 0.534. The molecule has 0 saturated heterocycles. The van der Waals surface area contributed by atoms with Gasteiger partial charge in [0.05, 0.1) is 6.33 Å². The fourth-order valence-electron chi connectivity index (χ4n) is 3.35. The Hall–Kier alpha value is -1.52. The average molecular weight is 279 g/mol. The Balaban J connectivity index is 2.03. The van der Waals surface area contributed by atoms with E-state index in [4.69, 9.17) is 0 Å². The van der Waals surface area contributed by atoms with E-state index in [9.17, 15) is 9.90 Å². The maximum absolute atomic E-state index is 11.6. The topological polar surface area (TPSA) is 58.4 Å². The summed E-state index contributed by atoms with van der Waals surface area (Å²) in [6.45, 7) is 6.86. The highest BCUT2D eigenvalue weighted by Gasteiger charge is 2.36. The molecule has 1 fully saturated rings. The summed E-state index contributed by atoms with van der Waals surface area (Å²) in [6, 6.07) is 0.134. The zero-order chi connectivity index (χ0) is 14.8. The van der Waals surface area contributed by atoms with Crippen LogP contribution in [-0.4, -0.2) is 37.2 Å². The number of carbonyl (C=O) groups is 1. The number of rotatable bonds is 3. The molecule has 0 bridgehead atoms. The van der Waals surface area contributed by atoms with Crippen LogP contribution >= 0.6 is 0 Å². The number of nitrogens with zero attached hydrogens (tertiary/aromatic N) is 3. The average Bonchev–Trinajstić information content (AvgIpc) is 2.79. The molecule has 1 amide bonds. The smallest absolute Gasteiger partial charge is 0.407 e. The van der Waals surface area contributed by atoms with E-state index in [-0.39, 0.29) is 11.6 Å². The van der Waals surface area contributed by atoms with Crippen LogP contribution in [0.2, 0.25) is 0 Å². The van der Waals surface area contributed by atoms with Crippen LogP contribution in [-0.2, 0) is 6.54 Å². The van der Waals surface area contributed by atoms with Crippen molar-refractivity contribution in [2.45, 2.75) is 64.6 Å². The van der Waals surface area contributed by atoms with E-state index < -0.39 is 6.09 Å². The summed E-state index contributed by atoms with van der Waals surface area (Å²) in [7, 11) is 0. The van der Waals surface area contributed by atoms with E-state index in [1.807, 2.05) is 33.3 Å². The molecule has 1 aromatic rings. The Kier molecular flexibility index (Phi) is 4.35. The monoisotopic (exact) mass is 279 g/mol. The van der Waals surface area contributed by atoms with Crippen LogP contribution in [0.1, 0.15) is 46.5 Å². The second-order valence-corrected chi connectivity index (χ2v) is 6.77. The molecule has 2 rings (SSSR count). The largest absolute Gasteiger partial charge is 0.465 e. The normalized spacial score (nSPS) is 23.6. The van der Waals surface area contributed by atoms with Crippen LogP contribution in [0.3, 0.4) is 0 Å². The minimum atomic E-state index is -0.800. The van der Waals surface area contributed by atoms with E-state index in [1.54, 1.807) is 11.1 Å². The molecule has 20 heavy (non-hydrogen) atoms. The third-order valence-corrected chi connectivity index (χ3v) is 4.08. The van der Waals surface area contributed by atoms with Crippen molar-refractivity contribution in [2.75, 3.05) is 0 Å². The van der Waals surface area contributed by atoms with Crippen LogP contribution in [0.25, 0.3) is 0 Å². The van der Waals surface area contributed by atoms with Crippen molar-refractivity contribution in [3.8, 4) is 0 Å². The first-order valence-electron chi connectivity index (χ1n) is 7.36. The van der Waals surface area contributed by atoms with Crippen LogP contribution in [0.15, 0.2) is 18.7 Å². The van der Waals surface area contributed by atoms with Gasteiger partial charge in [0.2, 0.25) is 0 Å². The molecule has 1 saturated carbocycles. The van der Waals surface area contributed by atoms with Gasteiger partial charge in [-0.3, -0.25) is 0 Å². The van der Waals surface area contributed by atoms with Crippen LogP contribution in [0.5, 0.6) is 0 Å². The lowest BCUT2D eigenvalue weighted by Gasteiger charge is -2.43. The molecule has 112 valence electrons. The first-order valence-corrected chi connectivity index (χ1v) is 7.36. The minimum Gasteiger partial charge on any atom is -0.465 e. The van der Waals surface area contributed by atoms with Crippen LogP contribution < -0.4 is 0 Å². The summed E-state index contributed by atoms with van der Waals surface area (Å²) in [6.07, 6.45) is 9.00. The predicted octanol–water partition coefficient (Wildman–Crippen LogP) is 3.22. The fraction of sp³-hybridized carbons (Fsp3) is 0.733. The Morgan fingerprint density at radius 2 is 2.20 bits per heavy atom. The van der Waals surface area contributed by atoms with E-state index in [2.05, 4.69) is 9.55 Å². The molecule has 5 heteroatoms. The van der Waals surface area contributed by atoms with E-state index in [0.29, 0.717) is 5.92 Å². The van der Waals surface area contributed by atoms with Gasteiger partial charge >= 0.3 is 6.09 Å². The predicted molar refractivity (Wildman–Crippen MR) is 77.6 cm³/mol. The number of imidazole rings is 1. The molecule has 0 unspecified atom stereocenters. The lowest BCUT2D eigenvalue weighted by molar-refractivity contribution is 0.0456. The van der Waals surface area contributed by atoms with Crippen LogP contribution in [0, 0.1) is 5.92 Å². The van der Waals surface area contributed by atoms with Crippen molar-refractivity contribution in [1.82, 2.24) is 14.5 Å². The van der Waals surface area contributed by atoms with Gasteiger partial charge in [0, 0.05) is 30.5 Å². The van der Waals surface area contributed by atoms with Gasteiger partial charge in [-0.15, -0.1) is 0 Å². The number of aromatic nitrogens is 2. The second-order valence-electron chi connectivity index (χ2n) is 6.77. The standard InChI is InChI=1S/C15H25N3O2/c1-15(2,3)18(14(19)20)13-6-4-5-12(9-13)10-17-8-7-16-11-17/h7-8,11-13H,4-6,9-10H2,1-3H3,(H,19,20)/t12-,13+/m0/s1. The molecule has 5 nitrogen and oxygen atoms in total. The van der Waals surface area contributed by atoms with Gasteiger partial charge < -0.3 is 14.6 Å². The molecule has 0 spiro atoms. The molecule has 2 atom stereocenters. The fourth-order valence-corrected chi connectivity index (χ4v) is 3.35. The highest BCUT2D eigenvalue weighted by Crippen LogP contribution is 2.32. The lowest BCUT2D eigenvalue weighted by Crippen LogP contribution is -2.52. The summed E-state index contributed by atoms with van der Waals surface area (Å²) >= 11 is 0. The van der Waals surface area contributed by atoms with Gasteiger partial charge in [0.1, 0.15) is 0 Å². The van der Waals surface area contributed by atoms with E-state index >= 15 is 0 Å². The SMILES string of the molecule is CC(C)(C)N(C(=O)O)[C@@H]1CCC[C@H](Cn2ccnc2)C1. The third kappa shape index (κ3) is 3.52. The lowest BCUT2D eigenvalue weighted by atomic mass is 9.83. The Morgan fingerprint density at radius 1 is 1.45 bits per heavy atom. The summed E-state index contributed by atoms with van der Waals surface area (Å²) in [5, 5.41) is 9.51. The maximum Gasteiger partial charge on any atom is 0.407 e. The van der Waals surface area contributed by atoms with E-state index in [0.717, 1.165) is 25.8 Å². The van der Waals surface area contributed by atoms with Gasteiger partial charge in [0.25, 0.3) is 0 Å². The Labute approximate surface area is 120 Å².